The van der Waals surface area contributed by atoms with Crippen LogP contribution in [0.5, 0.6) is 0 Å². The zero-order valence-electron chi connectivity index (χ0n) is 19.2. The van der Waals surface area contributed by atoms with Crippen LogP contribution < -0.4 is 10.6 Å². The van der Waals surface area contributed by atoms with Gasteiger partial charge in [-0.2, -0.15) is 0 Å². The third kappa shape index (κ3) is 9.63. The van der Waals surface area contributed by atoms with Gasteiger partial charge in [-0.15, -0.1) is 24.0 Å². The highest BCUT2D eigenvalue weighted by Crippen LogP contribution is 2.18. The van der Waals surface area contributed by atoms with E-state index >= 15 is 0 Å². The summed E-state index contributed by atoms with van der Waals surface area (Å²) in [5.74, 6) is 0.816. The van der Waals surface area contributed by atoms with E-state index in [9.17, 15) is 5.11 Å². The van der Waals surface area contributed by atoms with Gasteiger partial charge in [-0.3, -0.25) is 9.89 Å². The third-order valence-electron chi connectivity index (χ3n) is 6.13. The van der Waals surface area contributed by atoms with Crippen LogP contribution in [-0.2, 0) is 13.0 Å². The van der Waals surface area contributed by atoms with Crippen molar-refractivity contribution in [2.75, 3.05) is 52.4 Å². The Bertz CT molecular complexity index is 649. The highest BCUT2D eigenvalue weighted by Gasteiger charge is 2.18. The van der Waals surface area contributed by atoms with E-state index in [0.29, 0.717) is 13.1 Å². The van der Waals surface area contributed by atoms with Gasteiger partial charge < -0.3 is 20.6 Å². The first kappa shape index (κ1) is 26.4. The van der Waals surface area contributed by atoms with E-state index in [0.717, 1.165) is 51.5 Å². The Labute approximate surface area is 205 Å². The van der Waals surface area contributed by atoms with Gasteiger partial charge in [0.1, 0.15) is 0 Å². The SMILES string of the molecule is CCNC(=NCC(O)CN1CCc2ccccc2C1)NCCCN1CCCCCC1.I. The molecule has 176 valence electrons. The van der Waals surface area contributed by atoms with Crippen LogP contribution in [0.3, 0.4) is 0 Å². The van der Waals surface area contributed by atoms with E-state index in [1.807, 2.05) is 0 Å². The quantitative estimate of drug-likeness (QED) is 0.194. The van der Waals surface area contributed by atoms with Crippen molar-refractivity contribution < 1.29 is 5.11 Å². The van der Waals surface area contributed by atoms with Crippen LogP contribution in [0.4, 0.5) is 0 Å². The number of rotatable bonds is 9. The van der Waals surface area contributed by atoms with Crippen LogP contribution in [0, 0.1) is 0 Å². The van der Waals surface area contributed by atoms with E-state index in [1.54, 1.807) is 0 Å². The molecule has 1 fully saturated rings. The van der Waals surface area contributed by atoms with Gasteiger partial charge in [-0.25, -0.2) is 0 Å². The van der Waals surface area contributed by atoms with Crippen molar-refractivity contribution in [1.29, 1.82) is 0 Å². The molecule has 2 heterocycles. The fraction of sp³-hybridized carbons (Fsp3) is 0.708. The summed E-state index contributed by atoms with van der Waals surface area (Å²) in [6, 6.07) is 8.63. The molecule has 31 heavy (non-hydrogen) atoms. The van der Waals surface area contributed by atoms with Crippen LogP contribution in [0.25, 0.3) is 0 Å². The van der Waals surface area contributed by atoms with Gasteiger partial charge in [-0.05, 0) is 63.4 Å². The second-order valence-electron chi connectivity index (χ2n) is 8.66. The number of aliphatic imine (C=N–C) groups is 1. The van der Waals surface area contributed by atoms with Gasteiger partial charge in [0.05, 0.1) is 12.6 Å². The minimum atomic E-state index is -0.442. The predicted octanol–water partition coefficient (Wildman–Crippen LogP) is 2.84. The number of halogens is 1. The van der Waals surface area contributed by atoms with E-state index in [2.05, 4.69) is 56.6 Å². The lowest BCUT2D eigenvalue weighted by molar-refractivity contribution is 0.111. The summed E-state index contributed by atoms with van der Waals surface area (Å²) in [7, 11) is 0. The molecule has 2 aliphatic heterocycles. The lowest BCUT2D eigenvalue weighted by Crippen LogP contribution is -2.41. The van der Waals surface area contributed by atoms with Crippen molar-refractivity contribution in [1.82, 2.24) is 20.4 Å². The predicted molar refractivity (Wildman–Crippen MR) is 140 cm³/mol. The molecule has 1 unspecified atom stereocenters. The summed E-state index contributed by atoms with van der Waals surface area (Å²) >= 11 is 0. The number of benzene rings is 1. The fourth-order valence-electron chi connectivity index (χ4n) is 4.47. The van der Waals surface area contributed by atoms with E-state index in [4.69, 9.17) is 0 Å². The Morgan fingerprint density at radius 1 is 1.03 bits per heavy atom. The number of hydrogen-bond donors (Lipinski definition) is 3. The molecule has 1 aromatic carbocycles. The summed E-state index contributed by atoms with van der Waals surface area (Å²) in [6.07, 6.45) is 7.21. The molecule has 0 bridgehead atoms. The summed E-state index contributed by atoms with van der Waals surface area (Å²) in [5.41, 5.74) is 2.83. The summed E-state index contributed by atoms with van der Waals surface area (Å²) in [4.78, 5) is 9.56. The van der Waals surface area contributed by atoms with Crippen LogP contribution in [0.1, 0.15) is 50.2 Å². The fourth-order valence-corrected chi connectivity index (χ4v) is 4.47. The number of β-amino-alcohol motifs (C(OH)–C–C–N with tert-alkyl or cyclic N) is 1. The number of nitrogens with zero attached hydrogens (tertiary/aromatic N) is 3. The molecular formula is C24H42IN5O. The molecule has 6 nitrogen and oxygen atoms in total. The van der Waals surface area contributed by atoms with Crippen molar-refractivity contribution in [2.24, 2.45) is 4.99 Å². The van der Waals surface area contributed by atoms with Crippen molar-refractivity contribution in [3.8, 4) is 0 Å². The summed E-state index contributed by atoms with van der Waals surface area (Å²) in [5, 5.41) is 17.3. The maximum absolute atomic E-state index is 10.5. The maximum atomic E-state index is 10.5. The van der Waals surface area contributed by atoms with Crippen LogP contribution >= 0.6 is 24.0 Å². The second kappa shape index (κ2) is 15.0. The van der Waals surface area contributed by atoms with Gasteiger partial charge in [0.15, 0.2) is 5.96 Å². The van der Waals surface area contributed by atoms with E-state index in [-0.39, 0.29) is 24.0 Å². The molecule has 1 aromatic rings. The van der Waals surface area contributed by atoms with Gasteiger partial charge in [0.25, 0.3) is 0 Å². The number of fused-ring (bicyclic) bond motifs is 1. The zero-order valence-corrected chi connectivity index (χ0v) is 21.5. The molecule has 3 N–H and O–H groups in total. The minimum absolute atomic E-state index is 0. The minimum Gasteiger partial charge on any atom is -0.390 e. The Morgan fingerprint density at radius 2 is 1.77 bits per heavy atom. The highest BCUT2D eigenvalue weighted by molar-refractivity contribution is 14.0. The molecule has 1 saturated heterocycles. The molecule has 7 heteroatoms. The Hall–Kier alpha value is -0.900. The number of likely N-dealkylation sites (tertiary alicyclic amines) is 1. The molecule has 0 saturated carbocycles. The van der Waals surface area contributed by atoms with Crippen LogP contribution in [0.15, 0.2) is 29.3 Å². The molecular weight excluding hydrogens is 501 g/mol. The second-order valence-corrected chi connectivity index (χ2v) is 8.66. The van der Waals surface area contributed by atoms with E-state index in [1.165, 1.54) is 49.9 Å². The van der Waals surface area contributed by atoms with Crippen molar-refractivity contribution in [3.05, 3.63) is 35.4 Å². The van der Waals surface area contributed by atoms with Crippen LogP contribution in [0.2, 0.25) is 0 Å². The maximum Gasteiger partial charge on any atom is 0.191 e. The largest absolute Gasteiger partial charge is 0.390 e. The first-order valence-electron chi connectivity index (χ1n) is 12.0. The molecule has 1 atom stereocenters. The van der Waals surface area contributed by atoms with Gasteiger partial charge in [-0.1, -0.05) is 37.1 Å². The molecule has 0 spiro atoms. The molecule has 0 amide bonds. The molecule has 3 rings (SSSR count). The van der Waals surface area contributed by atoms with Crippen LogP contribution in [-0.4, -0.2) is 79.3 Å². The molecule has 0 radical (unpaired) electrons. The number of guanidine groups is 1. The Morgan fingerprint density at radius 3 is 2.52 bits per heavy atom. The topological polar surface area (TPSA) is 63.1 Å². The number of hydrogen-bond acceptors (Lipinski definition) is 4. The molecule has 0 aromatic heterocycles. The van der Waals surface area contributed by atoms with Gasteiger partial charge in [0.2, 0.25) is 0 Å². The number of aliphatic hydroxyl groups is 1. The highest BCUT2D eigenvalue weighted by atomic mass is 127. The third-order valence-corrected chi connectivity index (χ3v) is 6.13. The number of aliphatic hydroxyl groups excluding tert-OH is 1. The average Bonchev–Trinajstić information content (AvgIpc) is 3.04. The lowest BCUT2D eigenvalue weighted by Gasteiger charge is -2.30. The summed E-state index contributed by atoms with van der Waals surface area (Å²) in [6.45, 7) is 10.5. The standard InChI is InChI=1S/C24H41N5O.HI/c1-2-25-24(26-13-9-16-28-14-7-3-4-8-15-28)27-18-23(30)20-29-17-12-21-10-5-6-11-22(21)19-29;/h5-6,10-11,23,30H,2-4,7-9,12-20H2,1H3,(H2,25,26,27);1H. The first-order valence-corrected chi connectivity index (χ1v) is 12.0. The van der Waals surface area contributed by atoms with Gasteiger partial charge >= 0.3 is 0 Å². The molecule has 2 aliphatic rings. The lowest BCUT2D eigenvalue weighted by atomic mass is 10.00. The molecule has 0 aliphatic carbocycles. The smallest absolute Gasteiger partial charge is 0.191 e. The normalized spacial score (nSPS) is 19.1. The first-order chi connectivity index (χ1) is 14.7. The monoisotopic (exact) mass is 543 g/mol. The Balaban J connectivity index is 0.00000341. The summed E-state index contributed by atoms with van der Waals surface area (Å²) < 4.78 is 0. The Kier molecular flexibility index (Phi) is 12.8. The van der Waals surface area contributed by atoms with Crippen molar-refractivity contribution in [2.45, 2.75) is 58.1 Å². The van der Waals surface area contributed by atoms with E-state index < -0.39 is 6.10 Å². The number of nitrogens with one attached hydrogen (secondary N) is 2. The average molecular weight is 544 g/mol. The zero-order chi connectivity index (χ0) is 21.0. The van der Waals surface area contributed by atoms with Crippen molar-refractivity contribution >= 4 is 29.9 Å². The van der Waals surface area contributed by atoms with Gasteiger partial charge in [0, 0.05) is 32.7 Å². The van der Waals surface area contributed by atoms with Crippen molar-refractivity contribution in [3.63, 3.8) is 0 Å².